The molecule has 0 aliphatic carbocycles. The van der Waals surface area contributed by atoms with Crippen molar-refractivity contribution in [2.45, 2.75) is 27.3 Å². The summed E-state index contributed by atoms with van der Waals surface area (Å²) < 4.78 is 15.5. The maximum Gasteiger partial charge on any atom is 0.350 e. The van der Waals surface area contributed by atoms with Crippen LogP contribution in [-0.2, 0) is 25.6 Å². The average Bonchev–Trinajstić information content (AvgIpc) is 3.40. The molecule has 0 saturated carbocycles. The molecule has 1 amide bonds. The van der Waals surface area contributed by atoms with Gasteiger partial charge in [0.1, 0.15) is 16.4 Å². The maximum absolute atomic E-state index is 13.0. The van der Waals surface area contributed by atoms with Gasteiger partial charge in [-0.3, -0.25) is 9.69 Å². The van der Waals surface area contributed by atoms with E-state index in [2.05, 4.69) is 4.98 Å². The van der Waals surface area contributed by atoms with E-state index in [1.165, 1.54) is 17.1 Å². The van der Waals surface area contributed by atoms with Gasteiger partial charge in [-0.1, -0.05) is 41.7 Å². The fraction of sp³-hybridized carbons (Fsp3) is 0.250. The molecule has 0 spiro atoms. The molecule has 1 aromatic carbocycles. The Kier molecular flexibility index (Phi) is 8.15. The number of anilines is 1. The van der Waals surface area contributed by atoms with Crippen LogP contribution in [0.1, 0.15) is 39.4 Å². The number of benzene rings is 1. The van der Waals surface area contributed by atoms with Crippen LogP contribution in [0.15, 0.2) is 53.0 Å². The van der Waals surface area contributed by atoms with E-state index in [4.69, 9.17) is 13.9 Å². The van der Waals surface area contributed by atoms with Crippen LogP contribution in [0.2, 0.25) is 0 Å². The van der Waals surface area contributed by atoms with Crippen molar-refractivity contribution in [1.82, 2.24) is 4.98 Å². The summed E-state index contributed by atoms with van der Waals surface area (Å²) in [7, 11) is 0. The quantitative estimate of drug-likeness (QED) is 0.341. The Labute approximate surface area is 195 Å². The zero-order valence-electron chi connectivity index (χ0n) is 18.6. The monoisotopic (exact) mass is 468 g/mol. The van der Waals surface area contributed by atoms with E-state index in [0.29, 0.717) is 21.5 Å². The lowest BCUT2D eigenvalue weighted by Crippen LogP contribution is -2.34. The third-order valence-electron chi connectivity index (χ3n) is 4.44. The molecule has 33 heavy (non-hydrogen) atoms. The number of furan rings is 1. The molecule has 0 N–H and O–H groups in total. The van der Waals surface area contributed by atoms with Crippen LogP contribution in [0.3, 0.4) is 0 Å². The highest BCUT2D eigenvalue weighted by Crippen LogP contribution is 2.28. The molecule has 3 rings (SSSR count). The number of carbonyl (C=O) groups is 3. The number of amides is 1. The lowest BCUT2D eigenvalue weighted by atomic mass is 10.2. The van der Waals surface area contributed by atoms with Crippen molar-refractivity contribution in [2.24, 2.45) is 0 Å². The predicted molar refractivity (Wildman–Crippen MR) is 124 cm³/mol. The van der Waals surface area contributed by atoms with Crippen molar-refractivity contribution in [3.8, 4) is 0 Å². The second kappa shape index (κ2) is 11.2. The van der Waals surface area contributed by atoms with Crippen molar-refractivity contribution in [3.63, 3.8) is 0 Å². The number of rotatable bonds is 9. The standard InChI is InChI=1S/C24H24N2O6S/c1-4-30-23(29)22-17(3)25-24(33-22)26(14-18-8-6-5-7-9-18)20(27)15-31-21(28)13-12-19-11-10-16(2)32-19/h5-13H,4,14-15H2,1-3H3. The van der Waals surface area contributed by atoms with Crippen LogP contribution >= 0.6 is 11.3 Å². The molecule has 0 saturated heterocycles. The van der Waals surface area contributed by atoms with Crippen molar-refractivity contribution >= 4 is 40.4 Å². The SMILES string of the molecule is CCOC(=O)c1sc(N(Cc2ccccc2)C(=O)COC(=O)C=Cc2ccc(C)o2)nc1C. The van der Waals surface area contributed by atoms with Gasteiger partial charge in [0.25, 0.3) is 5.91 Å². The summed E-state index contributed by atoms with van der Waals surface area (Å²) in [6.07, 6.45) is 2.66. The second-order valence-electron chi connectivity index (χ2n) is 6.99. The molecular formula is C24H24N2O6S. The van der Waals surface area contributed by atoms with Gasteiger partial charge in [-0.05, 0) is 44.5 Å². The van der Waals surface area contributed by atoms with Gasteiger partial charge < -0.3 is 13.9 Å². The topological polar surface area (TPSA) is 98.9 Å². The minimum absolute atomic E-state index is 0.202. The molecule has 0 aliphatic heterocycles. The Morgan fingerprint density at radius 2 is 1.85 bits per heavy atom. The van der Waals surface area contributed by atoms with Crippen LogP contribution in [0.25, 0.3) is 6.08 Å². The molecule has 0 radical (unpaired) electrons. The Balaban J connectivity index is 1.74. The summed E-state index contributed by atoms with van der Waals surface area (Å²) >= 11 is 1.06. The number of esters is 2. The number of aromatic nitrogens is 1. The lowest BCUT2D eigenvalue weighted by molar-refractivity contribution is -0.142. The summed E-state index contributed by atoms with van der Waals surface area (Å²) in [6.45, 7) is 5.14. The number of aryl methyl sites for hydroxylation is 2. The van der Waals surface area contributed by atoms with Gasteiger partial charge >= 0.3 is 11.9 Å². The minimum Gasteiger partial charge on any atom is -0.462 e. The largest absolute Gasteiger partial charge is 0.462 e. The number of hydrogen-bond donors (Lipinski definition) is 0. The first-order valence-electron chi connectivity index (χ1n) is 10.3. The molecule has 0 bridgehead atoms. The average molecular weight is 469 g/mol. The summed E-state index contributed by atoms with van der Waals surface area (Å²) in [4.78, 5) is 43.4. The van der Waals surface area contributed by atoms with Gasteiger partial charge in [-0.2, -0.15) is 0 Å². The summed E-state index contributed by atoms with van der Waals surface area (Å²) in [5.41, 5.74) is 1.32. The third-order valence-corrected chi connectivity index (χ3v) is 5.60. The van der Waals surface area contributed by atoms with E-state index < -0.39 is 24.5 Å². The molecule has 3 aromatic rings. The summed E-state index contributed by atoms with van der Waals surface area (Å²) in [5.74, 6) is -0.421. The first-order valence-corrected chi connectivity index (χ1v) is 11.1. The molecule has 0 unspecified atom stereocenters. The zero-order valence-corrected chi connectivity index (χ0v) is 19.4. The maximum atomic E-state index is 13.0. The number of ether oxygens (including phenoxy) is 2. The Morgan fingerprint density at radius 3 is 2.52 bits per heavy atom. The second-order valence-corrected chi connectivity index (χ2v) is 7.96. The molecule has 2 heterocycles. The number of thiazole rings is 1. The molecule has 8 nitrogen and oxygen atoms in total. The molecule has 0 fully saturated rings. The zero-order chi connectivity index (χ0) is 23.8. The van der Waals surface area contributed by atoms with E-state index in [1.807, 2.05) is 30.3 Å². The molecular weight excluding hydrogens is 444 g/mol. The van der Waals surface area contributed by atoms with Crippen LogP contribution < -0.4 is 4.90 Å². The van der Waals surface area contributed by atoms with Gasteiger partial charge in [0.15, 0.2) is 11.7 Å². The van der Waals surface area contributed by atoms with Gasteiger partial charge in [0.2, 0.25) is 0 Å². The predicted octanol–water partition coefficient (Wildman–Crippen LogP) is 4.32. The van der Waals surface area contributed by atoms with E-state index in [-0.39, 0.29) is 13.2 Å². The van der Waals surface area contributed by atoms with Gasteiger partial charge in [0, 0.05) is 6.08 Å². The molecule has 0 atom stereocenters. The highest BCUT2D eigenvalue weighted by molar-refractivity contribution is 7.17. The summed E-state index contributed by atoms with van der Waals surface area (Å²) in [6, 6.07) is 12.8. The van der Waals surface area contributed by atoms with E-state index >= 15 is 0 Å². The van der Waals surface area contributed by atoms with Crippen molar-refractivity contribution in [2.75, 3.05) is 18.1 Å². The fourth-order valence-corrected chi connectivity index (χ4v) is 3.84. The minimum atomic E-state index is -0.681. The van der Waals surface area contributed by atoms with Crippen LogP contribution in [-0.4, -0.2) is 36.0 Å². The highest BCUT2D eigenvalue weighted by Gasteiger charge is 2.25. The van der Waals surface area contributed by atoms with Crippen molar-refractivity contribution in [3.05, 3.63) is 76.2 Å². The van der Waals surface area contributed by atoms with E-state index in [0.717, 1.165) is 22.7 Å². The Bertz CT molecular complexity index is 1150. The van der Waals surface area contributed by atoms with Gasteiger partial charge in [-0.25, -0.2) is 14.6 Å². The van der Waals surface area contributed by atoms with Crippen LogP contribution in [0.5, 0.6) is 0 Å². The van der Waals surface area contributed by atoms with Crippen LogP contribution in [0, 0.1) is 13.8 Å². The number of hydrogen-bond acceptors (Lipinski definition) is 8. The van der Waals surface area contributed by atoms with Gasteiger partial charge in [-0.15, -0.1) is 0 Å². The van der Waals surface area contributed by atoms with Crippen LogP contribution in [0.4, 0.5) is 5.13 Å². The molecule has 2 aromatic heterocycles. The third kappa shape index (κ3) is 6.63. The Morgan fingerprint density at radius 1 is 1.09 bits per heavy atom. The van der Waals surface area contributed by atoms with Crippen molar-refractivity contribution < 1.29 is 28.3 Å². The molecule has 0 aliphatic rings. The molecule has 172 valence electrons. The smallest absolute Gasteiger partial charge is 0.350 e. The number of nitrogens with zero attached hydrogens (tertiary/aromatic N) is 2. The first-order chi connectivity index (χ1) is 15.9. The first kappa shape index (κ1) is 23.9. The van der Waals surface area contributed by atoms with Gasteiger partial charge in [0.05, 0.1) is 18.8 Å². The molecule has 9 heteroatoms. The Hall–Kier alpha value is -3.72. The highest BCUT2D eigenvalue weighted by atomic mass is 32.1. The lowest BCUT2D eigenvalue weighted by Gasteiger charge is -2.19. The number of carbonyl (C=O) groups excluding carboxylic acids is 3. The van der Waals surface area contributed by atoms with E-state index in [9.17, 15) is 14.4 Å². The fourth-order valence-electron chi connectivity index (χ4n) is 2.86. The summed E-state index contributed by atoms with van der Waals surface area (Å²) in [5, 5.41) is 0.321. The van der Waals surface area contributed by atoms with Crippen molar-refractivity contribution in [1.29, 1.82) is 0 Å². The van der Waals surface area contributed by atoms with E-state index in [1.54, 1.807) is 32.9 Å². The normalized spacial score (nSPS) is 10.9.